The van der Waals surface area contributed by atoms with Gasteiger partial charge in [-0.05, 0) is 25.3 Å². The molecule has 3 nitrogen and oxygen atoms in total. The lowest BCUT2D eigenvalue weighted by Crippen LogP contribution is -2.32. The summed E-state index contributed by atoms with van der Waals surface area (Å²) in [5.41, 5.74) is 1.20. The van der Waals surface area contributed by atoms with E-state index in [0.717, 1.165) is 30.8 Å². The average molecular weight is 278 g/mol. The maximum Gasteiger partial charge on any atom is 0.210 e. The van der Waals surface area contributed by atoms with E-state index in [4.69, 9.17) is 0 Å². The molecule has 1 aliphatic rings. The smallest absolute Gasteiger partial charge is 0.210 e. The van der Waals surface area contributed by atoms with Crippen LogP contribution in [-0.2, 0) is 4.79 Å². The normalized spacial score (nSPS) is 20.4. The van der Waals surface area contributed by atoms with Crippen LogP contribution in [0.4, 0.5) is 0 Å². The molecule has 1 aromatic heterocycles. The van der Waals surface area contributed by atoms with Crippen molar-refractivity contribution in [1.29, 1.82) is 0 Å². The molecule has 0 aliphatic carbocycles. The average Bonchev–Trinajstić information content (AvgIpc) is 2.37. The van der Waals surface area contributed by atoms with Crippen LogP contribution >= 0.6 is 11.8 Å². The highest BCUT2D eigenvalue weighted by Crippen LogP contribution is 2.38. The summed E-state index contributed by atoms with van der Waals surface area (Å²) < 4.78 is 0.129. The molecule has 4 heteroatoms. The third kappa shape index (κ3) is 3.72. The number of amides is 1. The molecule has 104 valence electrons. The zero-order valence-corrected chi connectivity index (χ0v) is 12.7. The number of aromatic nitrogens is 1. The Morgan fingerprint density at radius 1 is 1.42 bits per heavy atom. The predicted octanol–water partition coefficient (Wildman–Crippen LogP) is 3.66. The molecule has 0 spiro atoms. The molecule has 1 atom stereocenters. The Hall–Kier alpha value is -1.03. The number of hydrogen-bond donors (Lipinski definition) is 0. The number of carbonyl (C=O) groups excluding carboxylic acids is 1. The van der Waals surface area contributed by atoms with Gasteiger partial charge in [0, 0.05) is 23.1 Å². The van der Waals surface area contributed by atoms with Gasteiger partial charge in [-0.1, -0.05) is 26.8 Å². The fourth-order valence-electron chi connectivity index (χ4n) is 2.45. The molecule has 1 unspecified atom stereocenters. The summed E-state index contributed by atoms with van der Waals surface area (Å²) in [6.07, 6.45) is 6.16. The van der Waals surface area contributed by atoms with Crippen LogP contribution in [0.15, 0.2) is 23.4 Å². The van der Waals surface area contributed by atoms with E-state index < -0.39 is 0 Å². The fourth-order valence-corrected chi connectivity index (χ4v) is 3.46. The number of piperidine rings is 1. The number of pyridine rings is 1. The van der Waals surface area contributed by atoms with Gasteiger partial charge in [-0.3, -0.25) is 4.79 Å². The Kier molecular flexibility index (Phi) is 4.50. The summed E-state index contributed by atoms with van der Waals surface area (Å²) >= 11 is 1.78. The monoisotopic (exact) mass is 278 g/mol. The van der Waals surface area contributed by atoms with Gasteiger partial charge in [0.25, 0.3) is 0 Å². The third-order valence-corrected chi connectivity index (χ3v) is 4.39. The second kappa shape index (κ2) is 5.95. The predicted molar refractivity (Wildman–Crippen MR) is 79.2 cm³/mol. The van der Waals surface area contributed by atoms with E-state index in [1.807, 2.05) is 17.2 Å². The van der Waals surface area contributed by atoms with Gasteiger partial charge in [-0.2, -0.15) is 0 Å². The fraction of sp³-hybridized carbons (Fsp3) is 0.600. The van der Waals surface area contributed by atoms with Crippen LogP contribution in [0, 0.1) is 0 Å². The van der Waals surface area contributed by atoms with E-state index >= 15 is 0 Å². The standard InChI is InChI=1S/C15H22N2OS/c1-15(2,3)19-14-12(7-6-9-16-14)13-8-4-5-10-17(13)11-18/h6-7,9,11,13H,4-5,8,10H2,1-3H3. The molecule has 0 radical (unpaired) electrons. The molecule has 1 saturated heterocycles. The van der Waals surface area contributed by atoms with Crippen molar-refractivity contribution in [3.63, 3.8) is 0 Å². The Labute approximate surface area is 119 Å². The van der Waals surface area contributed by atoms with Crippen molar-refractivity contribution in [3.05, 3.63) is 23.9 Å². The second-order valence-corrected chi connectivity index (χ2v) is 7.78. The topological polar surface area (TPSA) is 33.2 Å². The minimum Gasteiger partial charge on any atom is -0.338 e. The number of thioether (sulfide) groups is 1. The van der Waals surface area contributed by atoms with E-state index in [1.54, 1.807) is 11.8 Å². The van der Waals surface area contributed by atoms with E-state index in [1.165, 1.54) is 12.0 Å². The van der Waals surface area contributed by atoms with Gasteiger partial charge in [-0.25, -0.2) is 4.98 Å². The molecule has 1 aliphatic heterocycles. The van der Waals surface area contributed by atoms with Gasteiger partial charge in [0.15, 0.2) is 0 Å². The van der Waals surface area contributed by atoms with Crippen LogP contribution < -0.4 is 0 Å². The molecule has 2 rings (SSSR count). The summed E-state index contributed by atoms with van der Waals surface area (Å²) in [5.74, 6) is 0. The van der Waals surface area contributed by atoms with Crippen LogP contribution in [0.2, 0.25) is 0 Å². The first-order valence-electron chi connectivity index (χ1n) is 6.86. The molecule has 2 heterocycles. The molecule has 0 bridgehead atoms. The molecule has 1 fully saturated rings. The third-order valence-electron chi connectivity index (χ3n) is 3.24. The summed E-state index contributed by atoms with van der Waals surface area (Å²) in [4.78, 5) is 17.7. The maximum absolute atomic E-state index is 11.2. The summed E-state index contributed by atoms with van der Waals surface area (Å²) in [7, 11) is 0. The maximum atomic E-state index is 11.2. The molecule has 0 saturated carbocycles. The number of carbonyl (C=O) groups is 1. The van der Waals surface area contributed by atoms with Crippen LogP contribution in [0.3, 0.4) is 0 Å². The Morgan fingerprint density at radius 3 is 2.89 bits per heavy atom. The largest absolute Gasteiger partial charge is 0.338 e. The van der Waals surface area contributed by atoms with Gasteiger partial charge in [-0.15, -0.1) is 11.8 Å². The zero-order valence-electron chi connectivity index (χ0n) is 11.9. The van der Waals surface area contributed by atoms with Crippen molar-refractivity contribution in [2.45, 2.75) is 55.8 Å². The van der Waals surface area contributed by atoms with Gasteiger partial charge >= 0.3 is 0 Å². The Balaban J connectivity index is 2.30. The van der Waals surface area contributed by atoms with Crippen molar-refractivity contribution in [1.82, 2.24) is 9.88 Å². The molecule has 0 N–H and O–H groups in total. The van der Waals surface area contributed by atoms with Crippen LogP contribution in [0.25, 0.3) is 0 Å². The molecule has 1 amide bonds. The van der Waals surface area contributed by atoms with Gasteiger partial charge in [0.05, 0.1) is 6.04 Å². The lowest BCUT2D eigenvalue weighted by molar-refractivity contribution is -0.121. The zero-order chi connectivity index (χ0) is 13.9. The molecule has 1 aromatic rings. The first kappa shape index (κ1) is 14.4. The molecular weight excluding hydrogens is 256 g/mol. The van der Waals surface area contributed by atoms with E-state index in [9.17, 15) is 4.79 Å². The number of rotatable bonds is 3. The van der Waals surface area contributed by atoms with Crippen LogP contribution in [-0.4, -0.2) is 27.6 Å². The quantitative estimate of drug-likeness (QED) is 0.625. The summed E-state index contributed by atoms with van der Waals surface area (Å²) in [5, 5.41) is 1.06. The number of hydrogen-bond acceptors (Lipinski definition) is 3. The van der Waals surface area contributed by atoms with Crippen LogP contribution in [0.1, 0.15) is 51.6 Å². The van der Waals surface area contributed by atoms with E-state index in [0.29, 0.717) is 0 Å². The van der Waals surface area contributed by atoms with Crippen LogP contribution in [0.5, 0.6) is 0 Å². The van der Waals surface area contributed by atoms with Gasteiger partial charge < -0.3 is 4.90 Å². The van der Waals surface area contributed by atoms with Crippen molar-refractivity contribution in [3.8, 4) is 0 Å². The lowest BCUT2D eigenvalue weighted by Gasteiger charge is -2.34. The van der Waals surface area contributed by atoms with Crippen molar-refractivity contribution in [2.75, 3.05) is 6.54 Å². The highest BCUT2D eigenvalue weighted by atomic mass is 32.2. The Bertz CT molecular complexity index is 442. The SMILES string of the molecule is CC(C)(C)Sc1ncccc1C1CCCCN1C=O. The number of likely N-dealkylation sites (tertiary alicyclic amines) is 1. The summed E-state index contributed by atoms with van der Waals surface area (Å²) in [6.45, 7) is 7.43. The van der Waals surface area contributed by atoms with Crippen molar-refractivity contribution in [2.24, 2.45) is 0 Å². The first-order chi connectivity index (χ1) is 9.01. The number of nitrogens with zero attached hydrogens (tertiary/aromatic N) is 2. The highest BCUT2D eigenvalue weighted by Gasteiger charge is 2.26. The molecule has 0 aromatic carbocycles. The molecule has 19 heavy (non-hydrogen) atoms. The van der Waals surface area contributed by atoms with E-state index in [2.05, 4.69) is 31.8 Å². The van der Waals surface area contributed by atoms with Crippen molar-refractivity contribution < 1.29 is 4.79 Å². The van der Waals surface area contributed by atoms with E-state index in [-0.39, 0.29) is 10.8 Å². The minimum absolute atomic E-state index is 0.129. The van der Waals surface area contributed by atoms with Crippen molar-refractivity contribution >= 4 is 18.2 Å². The Morgan fingerprint density at radius 2 is 2.21 bits per heavy atom. The van der Waals surface area contributed by atoms with Gasteiger partial charge in [0.2, 0.25) is 6.41 Å². The molecular formula is C15H22N2OS. The van der Waals surface area contributed by atoms with Gasteiger partial charge in [0.1, 0.15) is 5.03 Å². The summed E-state index contributed by atoms with van der Waals surface area (Å²) in [6, 6.07) is 4.29. The lowest BCUT2D eigenvalue weighted by atomic mass is 9.97. The minimum atomic E-state index is 0.129. The second-order valence-electron chi connectivity index (χ2n) is 5.97. The highest BCUT2D eigenvalue weighted by molar-refractivity contribution is 8.00. The first-order valence-corrected chi connectivity index (χ1v) is 7.68.